The van der Waals surface area contributed by atoms with Gasteiger partial charge in [-0.15, -0.1) is 11.3 Å². The Morgan fingerprint density at radius 1 is 1.20 bits per heavy atom. The number of hydrogen-bond donors (Lipinski definition) is 0. The Labute approximate surface area is 123 Å². The molecular weight excluding hydrogens is 296 g/mol. The van der Waals surface area contributed by atoms with Gasteiger partial charge in [0.1, 0.15) is 0 Å². The van der Waals surface area contributed by atoms with E-state index >= 15 is 0 Å². The van der Waals surface area contributed by atoms with Gasteiger partial charge in [-0.3, -0.25) is 9.59 Å². The molecule has 0 aliphatic rings. The van der Waals surface area contributed by atoms with E-state index in [9.17, 15) is 9.59 Å². The number of pyridine rings is 1. The van der Waals surface area contributed by atoms with E-state index in [1.165, 1.54) is 17.5 Å². The molecule has 0 bridgehead atoms. The normalized spacial score (nSPS) is 10.8. The number of halogens is 1. The molecule has 100 valence electrons. The van der Waals surface area contributed by atoms with Gasteiger partial charge in [-0.1, -0.05) is 17.7 Å². The quantitative estimate of drug-likeness (QED) is 0.547. The monoisotopic (exact) mass is 304 g/mol. The van der Waals surface area contributed by atoms with Gasteiger partial charge in [-0.2, -0.15) is 5.10 Å². The van der Waals surface area contributed by atoms with Crippen molar-refractivity contribution in [2.24, 2.45) is 0 Å². The fraction of sp³-hybridized carbons (Fsp3) is 0.0714. The molecule has 3 rings (SSSR count). The first kappa shape index (κ1) is 13.0. The minimum atomic E-state index is -0.235. The number of aromatic nitrogens is 2. The maximum absolute atomic E-state index is 12.2. The Morgan fingerprint density at radius 3 is 2.80 bits per heavy atom. The first-order chi connectivity index (χ1) is 9.65. The molecule has 0 aromatic carbocycles. The van der Waals surface area contributed by atoms with Crippen molar-refractivity contribution in [2.75, 3.05) is 0 Å². The van der Waals surface area contributed by atoms with E-state index < -0.39 is 0 Å². The van der Waals surface area contributed by atoms with Gasteiger partial charge in [0.15, 0.2) is 11.6 Å². The summed E-state index contributed by atoms with van der Waals surface area (Å²) in [5, 5.41) is 4.09. The Hall–Kier alpha value is -1.98. The number of fused-ring (bicyclic) bond motifs is 1. The Bertz CT molecular complexity index is 806. The topological polar surface area (TPSA) is 51.4 Å². The number of ketones is 2. The third kappa shape index (κ3) is 2.37. The zero-order valence-corrected chi connectivity index (χ0v) is 11.8. The number of carbonyl (C=O) groups is 2. The van der Waals surface area contributed by atoms with Crippen molar-refractivity contribution in [3.05, 3.63) is 57.5 Å². The molecule has 4 nitrogen and oxygen atoms in total. The van der Waals surface area contributed by atoms with Gasteiger partial charge >= 0.3 is 0 Å². The second-order valence-corrected chi connectivity index (χ2v) is 5.93. The number of rotatable bonds is 4. The first-order valence-corrected chi connectivity index (χ1v) is 7.09. The van der Waals surface area contributed by atoms with Crippen LogP contribution in [0.2, 0.25) is 4.34 Å². The van der Waals surface area contributed by atoms with Gasteiger partial charge in [0, 0.05) is 6.20 Å². The number of thiophene rings is 1. The molecule has 3 aromatic rings. The number of carbonyl (C=O) groups excluding carboxylic acids is 2. The standard InChI is InChI=1S/C14H9ClN2O2S/c15-14-5-4-13(20-14)12(19)7-11(18)9-8-16-17-6-2-1-3-10(9)17/h1-6,8H,7H2. The lowest BCUT2D eigenvalue weighted by atomic mass is 10.1. The van der Waals surface area contributed by atoms with Crippen LogP contribution in [0, 0.1) is 0 Å². The van der Waals surface area contributed by atoms with Crippen LogP contribution >= 0.6 is 22.9 Å². The number of nitrogens with zero attached hydrogens (tertiary/aromatic N) is 2. The molecular formula is C14H9ClN2O2S. The predicted molar refractivity (Wildman–Crippen MR) is 77.8 cm³/mol. The third-order valence-corrected chi connectivity index (χ3v) is 4.17. The largest absolute Gasteiger partial charge is 0.294 e. The lowest BCUT2D eigenvalue weighted by molar-refractivity contribution is 0.0897. The fourth-order valence-electron chi connectivity index (χ4n) is 1.94. The van der Waals surface area contributed by atoms with Crippen LogP contribution in [0.3, 0.4) is 0 Å². The van der Waals surface area contributed by atoms with Crippen molar-refractivity contribution in [1.29, 1.82) is 0 Å². The Morgan fingerprint density at radius 2 is 2.05 bits per heavy atom. The molecule has 0 aliphatic carbocycles. The zero-order valence-electron chi connectivity index (χ0n) is 10.2. The zero-order chi connectivity index (χ0) is 14.1. The third-order valence-electron chi connectivity index (χ3n) is 2.90. The van der Waals surface area contributed by atoms with Crippen LogP contribution in [-0.4, -0.2) is 21.2 Å². The highest BCUT2D eigenvalue weighted by Gasteiger charge is 2.18. The van der Waals surface area contributed by atoms with E-state index in [2.05, 4.69) is 5.10 Å². The Kier molecular flexibility index (Phi) is 3.38. The molecule has 0 N–H and O–H groups in total. The predicted octanol–water partition coefficient (Wildman–Crippen LogP) is 3.50. The van der Waals surface area contributed by atoms with Crippen molar-refractivity contribution in [2.45, 2.75) is 6.42 Å². The smallest absolute Gasteiger partial charge is 0.180 e. The minimum absolute atomic E-state index is 0.174. The van der Waals surface area contributed by atoms with Gasteiger partial charge in [0.25, 0.3) is 0 Å². The van der Waals surface area contributed by atoms with E-state index in [-0.39, 0.29) is 18.0 Å². The molecule has 3 aromatic heterocycles. The summed E-state index contributed by atoms with van der Waals surface area (Å²) in [6.45, 7) is 0. The van der Waals surface area contributed by atoms with Gasteiger partial charge in [0.2, 0.25) is 0 Å². The molecule has 0 unspecified atom stereocenters. The van der Waals surface area contributed by atoms with Crippen LogP contribution in [0.4, 0.5) is 0 Å². The maximum atomic E-state index is 12.2. The molecule has 0 amide bonds. The minimum Gasteiger partial charge on any atom is -0.294 e. The lowest BCUT2D eigenvalue weighted by Gasteiger charge is -1.98. The summed E-state index contributed by atoms with van der Waals surface area (Å²) >= 11 is 6.97. The second-order valence-electron chi connectivity index (χ2n) is 4.22. The van der Waals surface area contributed by atoms with E-state index in [0.29, 0.717) is 20.3 Å². The van der Waals surface area contributed by atoms with Gasteiger partial charge < -0.3 is 0 Å². The molecule has 20 heavy (non-hydrogen) atoms. The highest BCUT2D eigenvalue weighted by atomic mass is 35.5. The molecule has 0 fully saturated rings. The highest BCUT2D eigenvalue weighted by molar-refractivity contribution is 7.18. The first-order valence-electron chi connectivity index (χ1n) is 5.89. The average molecular weight is 305 g/mol. The van der Waals surface area contributed by atoms with Crippen molar-refractivity contribution < 1.29 is 9.59 Å². The van der Waals surface area contributed by atoms with E-state index in [4.69, 9.17) is 11.6 Å². The maximum Gasteiger partial charge on any atom is 0.180 e. The molecule has 0 radical (unpaired) electrons. The molecule has 0 spiro atoms. The molecule has 0 saturated carbocycles. The van der Waals surface area contributed by atoms with Gasteiger partial charge in [-0.25, -0.2) is 4.52 Å². The molecule has 0 aliphatic heterocycles. The van der Waals surface area contributed by atoms with Crippen LogP contribution in [0.15, 0.2) is 42.7 Å². The summed E-state index contributed by atoms with van der Waals surface area (Å²) in [5.41, 5.74) is 1.16. The van der Waals surface area contributed by atoms with Crippen LogP contribution in [0.25, 0.3) is 5.52 Å². The Balaban J connectivity index is 1.84. The molecule has 0 saturated heterocycles. The lowest BCUT2D eigenvalue weighted by Crippen LogP contribution is -2.07. The average Bonchev–Trinajstić information content (AvgIpc) is 3.04. The summed E-state index contributed by atoms with van der Waals surface area (Å²) in [6.07, 6.45) is 3.08. The molecule has 0 atom stereocenters. The SMILES string of the molecule is O=C(CC(=O)c1cnn2ccccc12)c1ccc(Cl)s1. The van der Waals surface area contributed by atoms with Crippen molar-refractivity contribution in [3.8, 4) is 0 Å². The summed E-state index contributed by atoms with van der Waals surface area (Å²) < 4.78 is 2.15. The van der Waals surface area contributed by atoms with Crippen molar-refractivity contribution >= 4 is 40.0 Å². The van der Waals surface area contributed by atoms with E-state index in [0.717, 1.165) is 0 Å². The number of hydrogen-bond acceptors (Lipinski definition) is 4. The molecule has 6 heteroatoms. The van der Waals surface area contributed by atoms with E-state index in [1.54, 1.807) is 28.9 Å². The van der Waals surface area contributed by atoms with Crippen LogP contribution < -0.4 is 0 Å². The number of Topliss-reactive ketones (excluding diaryl/α,β-unsaturated/α-hetero) is 2. The summed E-state index contributed by atoms with van der Waals surface area (Å²) in [7, 11) is 0. The summed E-state index contributed by atoms with van der Waals surface area (Å²) in [5.74, 6) is -0.456. The van der Waals surface area contributed by atoms with Crippen LogP contribution in [-0.2, 0) is 0 Å². The second kappa shape index (κ2) is 5.19. The van der Waals surface area contributed by atoms with Gasteiger partial charge in [0.05, 0.1) is 32.9 Å². The highest BCUT2D eigenvalue weighted by Crippen LogP contribution is 2.23. The van der Waals surface area contributed by atoms with E-state index in [1.807, 2.05) is 12.1 Å². The van der Waals surface area contributed by atoms with Crippen LogP contribution in [0.1, 0.15) is 26.5 Å². The fourth-order valence-corrected chi connectivity index (χ4v) is 2.92. The summed E-state index contributed by atoms with van der Waals surface area (Å²) in [6, 6.07) is 8.74. The summed E-state index contributed by atoms with van der Waals surface area (Å²) in [4.78, 5) is 24.7. The van der Waals surface area contributed by atoms with Crippen molar-refractivity contribution in [1.82, 2.24) is 9.61 Å². The van der Waals surface area contributed by atoms with Crippen molar-refractivity contribution in [3.63, 3.8) is 0 Å². The van der Waals surface area contributed by atoms with Crippen LogP contribution in [0.5, 0.6) is 0 Å². The molecule has 3 heterocycles. The van der Waals surface area contributed by atoms with Gasteiger partial charge in [-0.05, 0) is 24.3 Å².